The molecular formula is C21H25N3O. The normalized spacial score (nSPS) is 27.7. The summed E-state index contributed by atoms with van der Waals surface area (Å²) in [6, 6.07) is 8.33. The molecule has 4 heteroatoms. The van der Waals surface area contributed by atoms with Gasteiger partial charge in [-0.2, -0.15) is 0 Å². The molecule has 2 heterocycles. The Morgan fingerprint density at radius 2 is 2.04 bits per heavy atom. The second-order valence-electron chi connectivity index (χ2n) is 7.50. The number of carbonyl (C=O) groups is 1. The van der Waals surface area contributed by atoms with Crippen LogP contribution in [0.1, 0.15) is 45.2 Å². The smallest absolute Gasteiger partial charge is 0.221 e. The summed E-state index contributed by atoms with van der Waals surface area (Å²) in [6.45, 7) is 7.00. The lowest BCUT2D eigenvalue weighted by Crippen LogP contribution is -2.41. The molecule has 1 aromatic rings. The summed E-state index contributed by atoms with van der Waals surface area (Å²) in [5.41, 5.74) is 7.69. The SMILES string of the molecule is CC(=O)Nc1ccc(C2NCCC3=C2NC2(C)CC=C(C)C=C32)cc1. The topological polar surface area (TPSA) is 53.2 Å². The van der Waals surface area contributed by atoms with E-state index in [2.05, 4.69) is 54.1 Å². The molecule has 3 N–H and O–H groups in total. The minimum Gasteiger partial charge on any atom is -0.377 e. The fraction of sp³-hybridized carbons (Fsp3) is 0.381. The Balaban J connectivity index is 1.67. The molecule has 0 radical (unpaired) electrons. The zero-order valence-electron chi connectivity index (χ0n) is 15.1. The molecule has 0 saturated heterocycles. The van der Waals surface area contributed by atoms with Crippen LogP contribution in [0.4, 0.5) is 5.69 Å². The summed E-state index contributed by atoms with van der Waals surface area (Å²) in [5.74, 6) is -0.0437. The van der Waals surface area contributed by atoms with Gasteiger partial charge in [0, 0.05) is 24.9 Å². The lowest BCUT2D eigenvalue weighted by Gasteiger charge is -2.31. The van der Waals surface area contributed by atoms with Crippen molar-refractivity contribution in [2.45, 2.75) is 45.2 Å². The van der Waals surface area contributed by atoms with Crippen LogP contribution in [0, 0.1) is 0 Å². The Kier molecular flexibility index (Phi) is 3.80. The predicted octanol–water partition coefficient (Wildman–Crippen LogP) is 3.57. The number of anilines is 1. The molecule has 0 aromatic heterocycles. The first-order valence-electron chi connectivity index (χ1n) is 8.98. The molecule has 1 aromatic carbocycles. The van der Waals surface area contributed by atoms with Gasteiger partial charge in [-0.15, -0.1) is 0 Å². The Labute approximate surface area is 149 Å². The van der Waals surface area contributed by atoms with Gasteiger partial charge in [0.05, 0.1) is 11.6 Å². The van der Waals surface area contributed by atoms with Crippen molar-refractivity contribution < 1.29 is 4.79 Å². The van der Waals surface area contributed by atoms with Crippen LogP contribution >= 0.6 is 0 Å². The highest BCUT2D eigenvalue weighted by Gasteiger charge is 2.43. The highest BCUT2D eigenvalue weighted by molar-refractivity contribution is 5.88. The van der Waals surface area contributed by atoms with Crippen LogP contribution in [-0.4, -0.2) is 18.0 Å². The van der Waals surface area contributed by atoms with Crippen molar-refractivity contribution in [3.8, 4) is 0 Å². The van der Waals surface area contributed by atoms with Gasteiger partial charge in [-0.05, 0) is 55.5 Å². The standard InChI is InChI=1S/C21H25N3O/c1-13-8-10-21(3)18(12-13)17-9-11-22-19(20(17)24-21)15-4-6-16(7-5-15)23-14(2)25/h4-8,12,19,22,24H,9-11H2,1-3H3,(H,23,25). The Hall–Kier alpha value is -2.33. The Morgan fingerprint density at radius 3 is 2.76 bits per heavy atom. The maximum absolute atomic E-state index is 11.2. The van der Waals surface area contributed by atoms with Crippen molar-refractivity contribution in [3.63, 3.8) is 0 Å². The van der Waals surface area contributed by atoms with Gasteiger partial charge in [-0.25, -0.2) is 0 Å². The maximum Gasteiger partial charge on any atom is 0.221 e. The summed E-state index contributed by atoms with van der Waals surface area (Å²) in [5, 5.41) is 10.3. The Bertz CT molecular complexity index is 816. The molecule has 3 aliphatic rings. The van der Waals surface area contributed by atoms with Crippen LogP contribution in [0.2, 0.25) is 0 Å². The van der Waals surface area contributed by atoms with Crippen LogP contribution in [0.15, 0.2) is 58.8 Å². The van der Waals surface area contributed by atoms with Crippen LogP contribution in [0.5, 0.6) is 0 Å². The van der Waals surface area contributed by atoms with E-state index in [1.165, 1.54) is 34.9 Å². The number of hydrogen-bond acceptors (Lipinski definition) is 3. The first kappa shape index (κ1) is 16.2. The number of allylic oxidation sites excluding steroid dienone is 2. The van der Waals surface area contributed by atoms with Crippen molar-refractivity contribution in [3.05, 3.63) is 64.4 Å². The second kappa shape index (κ2) is 5.88. The van der Waals surface area contributed by atoms with Crippen LogP contribution < -0.4 is 16.0 Å². The number of amides is 1. The number of hydrogen-bond donors (Lipinski definition) is 3. The van der Waals surface area contributed by atoms with Crippen molar-refractivity contribution in [1.29, 1.82) is 0 Å². The van der Waals surface area contributed by atoms with Gasteiger partial charge in [0.1, 0.15) is 0 Å². The van der Waals surface area contributed by atoms with E-state index in [0.717, 1.165) is 25.1 Å². The van der Waals surface area contributed by atoms with E-state index in [9.17, 15) is 4.79 Å². The van der Waals surface area contributed by atoms with Gasteiger partial charge >= 0.3 is 0 Å². The van der Waals surface area contributed by atoms with E-state index in [-0.39, 0.29) is 17.5 Å². The predicted molar refractivity (Wildman–Crippen MR) is 101 cm³/mol. The molecule has 0 saturated carbocycles. The molecule has 0 fully saturated rings. The number of benzene rings is 1. The molecule has 2 aliphatic heterocycles. The van der Waals surface area contributed by atoms with E-state index in [0.29, 0.717) is 0 Å². The Morgan fingerprint density at radius 1 is 1.28 bits per heavy atom. The van der Waals surface area contributed by atoms with Gasteiger partial charge < -0.3 is 16.0 Å². The van der Waals surface area contributed by atoms with Crippen LogP contribution in [0.25, 0.3) is 0 Å². The maximum atomic E-state index is 11.2. The fourth-order valence-corrected chi connectivity index (χ4v) is 4.18. The van der Waals surface area contributed by atoms with E-state index >= 15 is 0 Å². The average Bonchev–Trinajstić information content (AvgIpc) is 2.87. The van der Waals surface area contributed by atoms with Gasteiger partial charge in [0.15, 0.2) is 0 Å². The highest BCUT2D eigenvalue weighted by atomic mass is 16.1. The lowest BCUT2D eigenvalue weighted by molar-refractivity contribution is -0.114. The molecule has 2 unspecified atom stereocenters. The third kappa shape index (κ3) is 2.81. The van der Waals surface area contributed by atoms with Gasteiger partial charge in [0.2, 0.25) is 5.91 Å². The zero-order chi connectivity index (χ0) is 17.6. The molecular weight excluding hydrogens is 310 g/mol. The molecule has 1 amide bonds. The summed E-state index contributed by atoms with van der Waals surface area (Å²) in [6.07, 6.45) is 6.77. The van der Waals surface area contributed by atoms with Crippen molar-refractivity contribution in [2.24, 2.45) is 0 Å². The van der Waals surface area contributed by atoms with E-state index in [4.69, 9.17) is 0 Å². The molecule has 2 atom stereocenters. The van der Waals surface area contributed by atoms with E-state index < -0.39 is 0 Å². The quantitative estimate of drug-likeness (QED) is 0.774. The van der Waals surface area contributed by atoms with E-state index in [1.807, 2.05) is 12.1 Å². The van der Waals surface area contributed by atoms with Crippen LogP contribution in [0.3, 0.4) is 0 Å². The lowest BCUT2D eigenvalue weighted by atomic mass is 9.80. The number of carbonyl (C=O) groups excluding carboxylic acids is 1. The largest absolute Gasteiger partial charge is 0.377 e. The first-order valence-corrected chi connectivity index (χ1v) is 8.98. The summed E-state index contributed by atoms with van der Waals surface area (Å²) >= 11 is 0. The molecule has 130 valence electrons. The molecule has 0 spiro atoms. The summed E-state index contributed by atoms with van der Waals surface area (Å²) < 4.78 is 0. The second-order valence-corrected chi connectivity index (χ2v) is 7.50. The third-order valence-corrected chi connectivity index (χ3v) is 5.44. The zero-order valence-corrected chi connectivity index (χ0v) is 15.1. The number of fused-ring (bicyclic) bond motifs is 2. The number of nitrogens with one attached hydrogen (secondary N) is 3. The number of rotatable bonds is 2. The third-order valence-electron chi connectivity index (χ3n) is 5.44. The van der Waals surface area contributed by atoms with Gasteiger partial charge in [-0.3, -0.25) is 4.79 Å². The minimum atomic E-state index is -0.0437. The molecule has 4 nitrogen and oxygen atoms in total. The molecule has 25 heavy (non-hydrogen) atoms. The minimum absolute atomic E-state index is 0.0184. The van der Waals surface area contributed by atoms with E-state index in [1.54, 1.807) is 0 Å². The van der Waals surface area contributed by atoms with Crippen LogP contribution in [-0.2, 0) is 4.79 Å². The highest BCUT2D eigenvalue weighted by Crippen LogP contribution is 2.45. The first-order chi connectivity index (χ1) is 12.0. The van der Waals surface area contributed by atoms with Crippen molar-refractivity contribution in [1.82, 2.24) is 10.6 Å². The van der Waals surface area contributed by atoms with Gasteiger partial charge in [-0.1, -0.05) is 29.9 Å². The average molecular weight is 335 g/mol. The monoisotopic (exact) mass is 335 g/mol. The summed E-state index contributed by atoms with van der Waals surface area (Å²) in [4.78, 5) is 11.2. The van der Waals surface area contributed by atoms with Crippen molar-refractivity contribution in [2.75, 3.05) is 11.9 Å². The molecule has 1 aliphatic carbocycles. The molecule has 0 bridgehead atoms. The fourth-order valence-electron chi connectivity index (χ4n) is 4.18. The summed E-state index contributed by atoms with van der Waals surface area (Å²) in [7, 11) is 0. The van der Waals surface area contributed by atoms with Crippen molar-refractivity contribution >= 4 is 11.6 Å². The van der Waals surface area contributed by atoms with Gasteiger partial charge in [0.25, 0.3) is 0 Å². The molecule has 4 rings (SSSR count).